The number of hydrogen-bond donors (Lipinski definition) is 2. The number of alkyl halides is 2. The van der Waals surface area contributed by atoms with Gasteiger partial charge in [-0.3, -0.25) is 5.01 Å². The van der Waals surface area contributed by atoms with Gasteiger partial charge < -0.3 is 9.47 Å². The number of ether oxygens (including phenoxy) is 2. The Kier molecular flexibility index (Phi) is 6.20. The largest absolute Gasteiger partial charge is 0.485 e. The highest BCUT2D eigenvalue weighted by atomic mass is 19.3. The summed E-state index contributed by atoms with van der Waals surface area (Å²) in [4.78, 5) is 19.8. The lowest BCUT2D eigenvalue weighted by Gasteiger charge is -2.24. The highest BCUT2D eigenvalue weighted by molar-refractivity contribution is 5.91. The number of anilines is 1. The number of hydrogen-bond acceptors (Lipinski definition) is 7. The second kappa shape index (κ2) is 8.36. The number of amides is 2. The Bertz CT molecular complexity index is 775. The van der Waals surface area contributed by atoms with E-state index in [2.05, 4.69) is 14.7 Å². The molecule has 2 amide bonds. The summed E-state index contributed by atoms with van der Waals surface area (Å²) in [5, 5.41) is 1.46. The topological polar surface area (TPSA) is 120 Å². The number of carbonyl (C=O) groups excluding carboxylic acids is 1. The molecule has 0 aliphatic carbocycles. The molecule has 2 rings (SSSR count). The zero-order valence-corrected chi connectivity index (χ0v) is 14.1. The van der Waals surface area contributed by atoms with Crippen LogP contribution in [0, 0.1) is 6.92 Å². The quantitative estimate of drug-likeness (QED) is 0.451. The number of aryl methyl sites for hydroxylation is 1. The van der Waals surface area contributed by atoms with Crippen molar-refractivity contribution in [1.29, 1.82) is 0 Å². The molecule has 0 bridgehead atoms. The Labute approximate surface area is 148 Å². The number of rotatable bonds is 6. The maximum Gasteiger partial charge on any atom is 0.387 e. The molecule has 0 aliphatic rings. The minimum Gasteiger partial charge on any atom is -0.485 e. The van der Waals surface area contributed by atoms with Crippen molar-refractivity contribution in [2.75, 3.05) is 12.1 Å². The Hall–Kier alpha value is -3.05. The smallest absolute Gasteiger partial charge is 0.387 e. The van der Waals surface area contributed by atoms with Gasteiger partial charge in [0.1, 0.15) is 18.7 Å². The van der Waals surface area contributed by atoms with Crippen LogP contribution in [0.3, 0.4) is 0 Å². The summed E-state index contributed by atoms with van der Waals surface area (Å²) in [6.45, 7) is -1.59. The summed E-state index contributed by atoms with van der Waals surface area (Å²) in [6, 6.07) is 3.41. The molecule has 140 valence electrons. The fourth-order valence-electron chi connectivity index (χ4n) is 2.07. The molecular weight excluding hydrogens is 350 g/mol. The van der Waals surface area contributed by atoms with Crippen molar-refractivity contribution in [3.05, 3.63) is 42.0 Å². The number of urea groups is 1. The maximum atomic E-state index is 12.7. The number of nitrogens with zero attached hydrogens (tertiary/aromatic N) is 4. The van der Waals surface area contributed by atoms with Gasteiger partial charge in [0.2, 0.25) is 0 Å². The Balaban J connectivity index is 2.39. The molecule has 11 heteroatoms. The van der Waals surface area contributed by atoms with Crippen LogP contribution in [0.5, 0.6) is 11.5 Å². The average Bonchev–Trinajstić information content (AvgIpc) is 2.59. The minimum absolute atomic E-state index is 0.0972. The lowest BCUT2D eigenvalue weighted by atomic mass is 10.1. The van der Waals surface area contributed by atoms with Crippen LogP contribution < -0.4 is 26.2 Å². The van der Waals surface area contributed by atoms with Gasteiger partial charge in [-0.1, -0.05) is 6.07 Å². The number of aromatic nitrogens is 2. The van der Waals surface area contributed by atoms with Crippen molar-refractivity contribution in [2.45, 2.75) is 20.1 Å². The molecule has 9 nitrogen and oxygen atoms in total. The zero-order valence-electron chi connectivity index (χ0n) is 14.1. The fourth-order valence-corrected chi connectivity index (χ4v) is 2.07. The van der Waals surface area contributed by atoms with Gasteiger partial charge in [-0.25, -0.2) is 31.5 Å². The predicted octanol–water partition coefficient (Wildman–Crippen LogP) is 1.57. The van der Waals surface area contributed by atoms with E-state index in [9.17, 15) is 13.6 Å². The molecule has 0 unspecified atom stereocenters. The third kappa shape index (κ3) is 4.52. The Morgan fingerprint density at radius 1 is 1.31 bits per heavy atom. The summed E-state index contributed by atoms with van der Waals surface area (Å²) < 4.78 is 35.5. The first-order chi connectivity index (χ1) is 12.3. The highest BCUT2D eigenvalue weighted by Crippen LogP contribution is 2.31. The van der Waals surface area contributed by atoms with Gasteiger partial charge in [0.05, 0.1) is 23.1 Å². The molecule has 1 aromatic carbocycles. The van der Waals surface area contributed by atoms with Gasteiger partial charge in [-0.05, 0) is 19.1 Å². The van der Waals surface area contributed by atoms with Crippen molar-refractivity contribution in [1.82, 2.24) is 15.0 Å². The fraction of sp³-hybridized carbons (Fsp3) is 0.267. The first-order valence-corrected chi connectivity index (χ1v) is 7.34. The number of carbonyl (C=O) groups is 1. The zero-order chi connectivity index (χ0) is 19.3. The first-order valence-electron chi connectivity index (χ1n) is 7.34. The number of hydrazine groups is 2. The van der Waals surface area contributed by atoms with Gasteiger partial charge in [0.25, 0.3) is 0 Å². The van der Waals surface area contributed by atoms with E-state index in [1.54, 1.807) is 6.92 Å². The van der Waals surface area contributed by atoms with E-state index >= 15 is 0 Å². The normalized spacial score (nSPS) is 10.6. The number of nitrogens with two attached hydrogens (primary N) is 2. The molecule has 1 aromatic heterocycles. The molecule has 0 saturated carbocycles. The van der Waals surface area contributed by atoms with Crippen LogP contribution in [0.25, 0.3) is 0 Å². The van der Waals surface area contributed by atoms with Crippen molar-refractivity contribution in [2.24, 2.45) is 11.7 Å². The number of halogens is 2. The molecule has 0 radical (unpaired) electrons. The monoisotopic (exact) mass is 368 g/mol. The summed E-state index contributed by atoms with van der Waals surface area (Å²) in [5.74, 6) is 11.3. The van der Waals surface area contributed by atoms with Crippen LogP contribution in [0.2, 0.25) is 0 Å². The second-order valence-electron chi connectivity index (χ2n) is 5.16. The average molecular weight is 368 g/mol. The predicted molar refractivity (Wildman–Crippen MR) is 88.2 cm³/mol. The van der Waals surface area contributed by atoms with E-state index in [4.69, 9.17) is 16.4 Å². The third-order valence-corrected chi connectivity index (χ3v) is 3.33. The van der Waals surface area contributed by atoms with E-state index in [0.29, 0.717) is 16.5 Å². The molecule has 0 saturated heterocycles. The van der Waals surface area contributed by atoms with Crippen molar-refractivity contribution in [3.63, 3.8) is 0 Å². The standard InChI is InChI=1S/C15H18F2N6O3/c1-9-13(6-20-8-21-9)25-7-10-11(23(19)15(24)22(2)18)4-3-5-12(10)26-14(16)17/h3-6,8,14H,7,18-19H2,1-2H3. The summed E-state index contributed by atoms with van der Waals surface area (Å²) in [7, 11) is 1.29. The lowest BCUT2D eigenvalue weighted by Crippen LogP contribution is -2.49. The first kappa shape index (κ1) is 19.3. The van der Waals surface area contributed by atoms with Gasteiger partial charge in [-0.15, -0.1) is 0 Å². The summed E-state index contributed by atoms with van der Waals surface area (Å²) >= 11 is 0. The van der Waals surface area contributed by atoms with E-state index in [-0.39, 0.29) is 23.6 Å². The van der Waals surface area contributed by atoms with Crippen LogP contribution >= 0.6 is 0 Å². The van der Waals surface area contributed by atoms with Crippen molar-refractivity contribution >= 4 is 11.7 Å². The van der Waals surface area contributed by atoms with E-state index in [0.717, 1.165) is 5.01 Å². The second-order valence-corrected chi connectivity index (χ2v) is 5.16. The molecule has 0 spiro atoms. The molecule has 2 aromatic rings. The number of benzene rings is 1. The molecule has 4 N–H and O–H groups in total. The molecule has 0 atom stereocenters. The van der Waals surface area contributed by atoms with Crippen LogP contribution in [-0.4, -0.2) is 34.7 Å². The van der Waals surface area contributed by atoms with E-state index in [1.807, 2.05) is 0 Å². The molecule has 1 heterocycles. The van der Waals surface area contributed by atoms with Gasteiger partial charge in [0, 0.05) is 7.05 Å². The highest BCUT2D eigenvalue weighted by Gasteiger charge is 2.22. The summed E-state index contributed by atoms with van der Waals surface area (Å²) in [5.41, 5.74) is 0.782. The molecule has 26 heavy (non-hydrogen) atoms. The summed E-state index contributed by atoms with van der Waals surface area (Å²) in [6.07, 6.45) is 2.77. The van der Waals surface area contributed by atoms with Crippen LogP contribution in [0.4, 0.5) is 19.3 Å². The lowest BCUT2D eigenvalue weighted by molar-refractivity contribution is -0.0508. The Morgan fingerprint density at radius 2 is 2.04 bits per heavy atom. The third-order valence-electron chi connectivity index (χ3n) is 3.33. The molecule has 0 fully saturated rings. The SMILES string of the molecule is Cc1ncncc1OCc1c(OC(F)F)cccc1N(N)C(=O)N(C)N. The molecular formula is C15H18F2N6O3. The van der Waals surface area contributed by atoms with Gasteiger partial charge in [-0.2, -0.15) is 8.78 Å². The maximum absolute atomic E-state index is 12.7. The van der Waals surface area contributed by atoms with Crippen LogP contribution in [0.1, 0.15) is 11.3 Å². The Morgan fingerprint density at radius 3 is 2.65 bits per heavy atom. The van der Waals surface area contributed by atoms with E-state index < -0.39 is 12.6 Å². The van der Waals surface area contributed by atoms with Gasteiger partial charge >= 0.3 is 12.6 Å². The van der Waals surface area contributed by atoms with Crippen molar-refractivity contribution < 1.29 is 23.0 Å². The van der Waals surface area contributed by atoms with Crippen molar-refractivity contribution in [3.8, 4) is 11.5 Å². The molecule has 0 aliphatic heterocycles. The van der Waals surface area contributed by atoms with Gasteiger partial charge in [0.15, 0.2) is 5.75 Å². The van der Waals surface area contributed by atoms with E-state index in [1.165, 1.54) is 37.8 Å². The van der Waals surface area contributed by atoms with Crippen LogP contribution in [0.15, 0.2) is 30.7 Å². The van der Waals surface area contributed by atoms with Crippen LogP contribution in [-0.2, 0) is 6.61 Å². The minimum atomic E-state index is -3.06.